The highest BCUT2D eigenvalue weighted by atomic mass is 16.1. The molecule has 4 heteroatoms. The second kappa shape index (κ2) is 26.7. The highest BCUT2D eigenvalue weighted by Crippen LogP contribution is 2.37. The first-order valence-electron chi connectivity index (χ1n) is 16.0. The molecule has 0 aliphatic heterocycles. The fourth-order valence-electron chi connectivity index (χ4n) is 5.17. The monoisotopic (exact) mass is 528 g/mol. The Labute approximate surface area is 236 Å². The second-order valence-electron chi connectivity index (χ2n) is 11.2. The van der Waals surface area contributed by atoms with Crippen molar-refractivity contribution < 1.29 is 9.59 Å². The molecule has 0 fully saturated rings. The number of nitrogens with two attached hydrogens (primary N) is 2. The molecule has 4 N–H and O–H groups in total. The molecule has 0 rings (SSSR count). The summed E-state index contributed by atoms with van der Waals surface area (Å²) in [6.45, 7) is 4.46. The van der Waals surface area contributed by atoms with Crippen molar-refractivity contribution in [2.24, 2.45) is 16.9 Å². The summed E-state index contributed by atoms with van der Waals surface area (Å²) in [5.74, 6) is 12.1. The molecule has 0 bridgehead atoms. The van der Waals surface area contributed by atoms with Gasteiger partial charge in [-0.2, -0.15) is 0 Å². The van der Waals surface area contributed by atoms with Crippen LogP contribution in [0, 0.1) is 29.1 Å². The number of carbonyl (C=O) groups excluding carboxylic acids is 2. The standard InChI is InChI=1S/C34H60N2O2/c1-3-5-7-25-29-34(33(36)38,30-26-8-6-4-2)31-27-23-21-19-17-15-13-11-9-10-12-14-16-18-20-22-24-28-32(35)37/h3-8,12,14-31H2,1-2H3,(H2,35,37)(H2,36,38). The predicted molar refractivity (Wildman–Crippen MR) is 163 cm³/mol. The normalized spacial score (nSPS) is 10.9. The van der Waals surface area contributed by atoms with Crippen molar-refractivity contribution in [3.8, 4) is 23.7 Å². The number of unbranched alkanes of at least 4 members (excludes halogenated alkanes) is 17. The van der Waals surface area contributed by atoms with Crippen LogP contribution in [-0.2, 0) is 9.59 Å². The quantitative estimate of drug-likeness (QED) is 0.0868. The zero-order valence-electron chi connectivity index (χ0n) is 25.1. The number of carbonyl (C=O) groups is 2. The van der Waals surface area contributed by atoms with E-state index in [-0.39, 0.29) is 17.2 Å². The van der Waals surface area contributed by atoms with Crippen molar-refractivity contribution in [2.75, 3.05) is 0 Å². The fourth-order valence-corrected chi connectivity index (χ4v) is 5.17. The fraction of sp³-hybridized carbons (Fsp3) is 0.824. The molecule has 0 aromatic rings. The maximum atomic E-state index is 12.6. The van der Waals surface area contributed by atoms with Gasteiger partial charge in [-0.05, 0) is 50.4 Å². The van der Waals surface area contributed by atoms with E-state index in [1.54, 1.807) is 0 Å². The van der Waals surface area contributed by atoms with Crippen LogP contribution in [-0.4, -0.2) is 11.8 Å². The van der Waals surface area contributed by atoms with Crippen molar-refractivity contribution in [3.63, 3.8) is 0 Å². The Morgan fingerprint density at radius 3 is 1.29 bits per heavy atom. The van der Waals surface area contributed by atoms with Gasteiger partial charge in [0.05, 0.1) is 0 Å². The molecule has 4 nitrogen and oxygen atoms in total. The molecule has 0 unspecified atom stereocenters. The van der Waals surface area contributed by atoms with Gasteiger partial charge < -0.3 is 11.5 Å². The molecule has 2 amide bonds. The number of hydrogen-bond donors (Lipinski definition) is 2. The smallest absolute Gasteiger partial charge is 0.223 e. The van der Waals surface area contributed by atoms with Gasteiger partial charge in [-0.3, -0.25) is 9.59 Å². The summed E-state index contributed by atoms with van der Waals surface area (Å²) in [6, 6.07) is 0. The largest absolute Gasteiger partial charge is 0.370 e. The van der Waals surface area contributed by atoms with Gasteiger partial charge in [-0.1, -0.05) is 128 Å². The lowest BCUT2D eigenvalue weighted by atomic mass is 9.73. The zero-order valence-corrected chi connectivity index (χ0v) is 25.1. The average molecular weight is 529 g/mol. The molecule has 0 saturated heterocycles. The molecule has 0 saturated carbocycles. The summed E-state index contributed by atoms with van der Waals surface area (Å²) in [5.41, 5.74) is 10.9. The first-order valence-corrected chi connectivity index (χ1v) is 16.0. The van der Waals surface area contributed by atoms with Gasteiger partial charge in [0, 0.05) is 24.7 Å². The Balaban J connectivity index is 4.02. The molecule has 218 valence electrons. The van der Waals surface area contributed by atoms with Crippen molar-refractivity contribution >= 4 is 11.8 Å². The Bertz CT molecular complexity index is 695. The predicted octanol–water partition coefficient (Wildman–Crippen LogP) is 8.74. The summed E-state index contributed by atoms with van der Waals surface area (Å²) in [4.78, 5) is 23.2. The summed E-state index contributed by atoms with van der Waals surface area (Å²) in [5, 5.41) is 0. The van der Waals surface area contributed by atoms with E-state index in [2.05, 4.69) is 37.5 Å². The highest BCUT2D eigenvalue weighted by Gasteiger charge is 2.34. The minimum atomic E-state index is -0.280. The minimum Gasteiger partial charge on any atom is -0.370 e. The molecule has 0 spiro atoms. The van der Waals surface area contributed by atoms with Crippen molar-refractivity contribution in [3.05, 3.63) is 0 Å². The SMILES string of the molecule is CCCCCCC(CCCCCC)(CCCCCCCC#CC#CCCCCCCCCC(N)=O)C(N)=O. The Morgan fingerprint density at radius 2 is 0.895 bits per heavy atom. The van der Waals surface area contributed by atoms with Crippen LogP contribution in [0.2, 0.25) is 0 Å². The van der Waals surface area contributed by atoms with E-state index in [0.29, 0.717) is 6.42 Å². The van der Waals surface area contributed by atoms with E-state index in [4.69, 9.17) is 11.5 Å². The van der Waals surface area contributed by atoms with Crippen LogP contribution in [0.1, 0.15) is 174 Å². The first kappa shape index (κ1) is 36.1. The summed E-state index contributed by atoms with van der Waals surface area (Å²) >= 11 is 0. The van der Waals surface area contributed by atoms with Crippen LogP contribution in [0.25, 0.3) is 0 Å². The van der Waals surface area contributed by atoms with Gasteiger partial charge >= 0.3 is 0 Å². The van der Waals surface area contributed by atoms with Gasteiger partial charge in [0.1, 0.15) is 0 Å². The lowest BCUT2D eigenvalue weighted by Gasteiger charge is -2.31. The summed E-state index contributed by atoms with van der Waals surface area (Å²) in [7, 11) is 0. The molecule has 0 aromatic carbocycles. The second-order valence-corrected chi connectivity index (χ2v) is 11.2. The highest BCUT2D eigenvalue weighted by molar-refractivity contribution is 5.80. The number of hydrogen-bond acceptors (Lipinski definition) is 2. The Kier molecular flexibility index (Phi) is 25.3. The lowest BCUT2D eigenvalue weighted by molar-refractivity contribution is -0.129. The van der Waals surface area contributed by atoms with Crippen LogP contribution in [0.3, 0.4) is 0 Å². The first-order chi connectivity index (χ1) is 18.5. The molecule has 0 aliphatic rings. The third kappa shape index (κ3) is 22.1. The molecule has 0 atom stereocenters. The minimum absolute atomic E-state index is 0.0565. The van der Waals surface area contributed by atoms with Gasteiger partial charge in [-0.15, -0.1) is 0 Å². The third-order valence-corrected chi connectivity index (χ3v) is 7.71. The van der Waals surface area contributed by atoms with Gasteiger partial charge in [0.2, 0.25) is 11.8 Å². The van der Waals surface area contributed by atoms with E-state index >= 15 is 0 Å². The van der Waals surface area contributed by atoms with Crippen molar-refractivity contribution in [2.45, 2.75) is 174 Å². The van der Waals surface area contributed by atoms with E-state index < -0.39 is 0 Å². The zero-order chi connectivity index (χ0) is 28.2. The van der Waals surface area contributed by atoms with Crippen LogP contribution < -0.4 is 11.5 Å². The van der Waals surface area contributed by atoms with E-state index in [1.807, 2.05) is 0 Å². The molecule has 38 heavy (non-hydrogen) atoms. The maximum Gasteiger partial charge on any atom is 0.223 e. The summed E-state index contributed by atoms with van der Waals surface area (Å²) in [6.07, 6.45) is 27.4. The van der Waals surface area contributed by atoms with E-state index in [0.717, 1.165) is 77.0 Å². The summed E-state index contributed by atoms with van der Waals surface area (Å²) < 4.78 is 0. The van der Waals surface area contributed by atoms with Crippen molar-refractivity contribution in [1.29, 1.82) is 0 Å². The van der Waals surface area contributed by atoms with Gasteiger partial charge in [0.15, 0.2) is 0 Å². The number of primary amides is 2. The van der Waals surface area contributed by atoms with Crippen LogP contribution in [0.15, 0.2) is 0 Å². The number of amides is 2. The molecule has 0 aliphatic carbocycles. The van der Waals surface area contributed by atoms with Crippen LogP contribution in [0.5, 0.6) is 0 Å². The molecular weight excluding hydrogens is 468 g/mol. The van der Waals surface area contributed by atoms with E-state index in [1.165, 1.54) is 77.0 Å². The van der Waals surface area contributed by atoms with Crippen LogP contribution in [0.4, 0.5) is 0 Å². The average Bonchev–Trinajstić information content (AvgIpc) is 2.89. The molecule has 0 heterocycles. The van der Waals surface area contributed by atoms with Gasteiger partial charge in [0.25, 0.3) is 0 Å². The topological polar surface area (TPSA) is 86.2 Å². The lowest BCUT2D eigenvalue weighted by Crippen LogP contribution is -2.37. The number of rotatable bonds is 26. The van der Waals surface area contributed by atoms with E-state index in [9.17, 15) is 9.59 Å². The van der Waals surface area contributed by atoms with Gasteiger partial charge in [-0.25, -0.2) is 0 Å². The Hall–Kier alpha value is -1.94. The Morgan fingerprint density at radius 1 is 0.526 bits per heavy atom. The molecule has 0 radical (unpaired) electrons. The molecule has 0 aromatic heterocycles. The molecular formula is C34H60N2O2. The van der Waals surface area contributed by atoms with Crippen molar-refractivity contribution in [1.82, 2.24) is 0 Å². The van der Waals surface area contributed by atoms with Crippen LogP contribution >= 0.6 is 0 Å². The third-order valence-electron chi connectivity index (χ3n) is 7.71. The maximum absolute atomic E-state index is 12.6.